The van der Waals surface area contributed by atoms with Crippen LogP contribution in [0.4, 0.5) is 4.39 Å². The van der Waals surface area contributed by atoms with Gasteiger partial charge in [0.15, 0.2) is 0 Å². The molecule has 108 valence electrons. The Hall–Kier alpha value is -1.08. The molecule has 1 aromatic carbocycles. The van der Waals surface area contributed by atoms with Crippen LogP contribution in [0.3, 0.4) is 0 Å². The SMILES string of the molecule is O=C(O)CC1CSCCN1C(=O)c1ccc(Br)cc1F. The molecule has 2 rings (SSSR count). The highest BCUT2D eigenvalue weighted by Crippen LogP contribution is 2.23. The Labute approximate surface area is 128 Å². The fraction of sp³-hybridized carbons (Fsp3) is 0.385. The third kappa shape index (κ3) is 3.52. The number of halogens is 2. The van der Waals surface area contributed by atoms with Gasteiger partial charge in [0.25, 0.3) is 5.91 Å². The van der Waals surface area contributed by atoms with E-state index in [0.29, 0.717) is 16.8 Å². The summed E-state index contributed by atoms with van der Waals surface area (Å²) in [5.41, 5.74) is -0.0181. The number of carboxylic acids is 1. The van der Waals surface area contributed by atoms with Crippen molar-refractivity contribution < 1.29 is 19.1 Å². The lowest BCUT2D eigenvalue weighted by Crippen LogP contribution is -2.47. The van der Waals surface area contributed by atoms with E-state index in [2.05, 4.69) is 15.9 Å². The van der Waals surface area contributed by atoms with Crippen LogP contribution in [0.1, 0.15) is 16.8 Å². The first kappa shape index (κ1) is 15.3. The van der Waals surface area contributed by atoms with Gasteiger partial charge < -0.3 is 10.0 Å². The number of amides is 1. The summed E-state index contributed by atoms with van der Waals surface area (Å²) in [5.74, 6) is -0.694. The number of hydrogen-bond acceptors (Lipinski definition) is 3. The van der Waals surface area contributed by atoms with Crippen LogP contribution in [0.15, 0.2) is 22.7 Å². The number of thioether (sulfide) groups is 1. The second kappa shape index (κ2) is 6.58. The number of rotatable bonds is 3. The molecule has 0 aromatic heterocycles. The van der Waals surface area contributed by atoms with Gasteiger partial charge in [-0.25, -0.2) is 4.39 Å². The maximum atomic E-state index is 13.8. The number of carbonyl (C=O) groups is 2. The molecule has 7 heteroatoms. The van der Waals surface area contributed by atoms with Crippen LogP contribution in [0.5, 0.6) is 0 Å². The molecule has 0 saturated carbocycles. The Morgan fingerprint density at radius 1 is 1.50 bits per heavy atom. The van der Waals surface area contributed by atoms with Crippen molar-refractivity contribution in [3.8, 4) is 0 Å². The van der Waals surface area contributed by atoms with Crippen LogP contribution in [-0.2, 0) is 4.79 Å². The summed E-state index contributed by atoms with van der Waals surface area (Å²) in [6.45, 7) is 0.441. The van der Waals surface area contributed by atoms with Gasteiger partial charge in [-0.15, -0.1) is 0 Å². The summed E-state index contributed by atoms with van der Waals surface area (Å²) in [6.07, 6.45) is -0.114. The average molecular weight is 362 g/mol. The lowest BCUT2D eigenvalue weighted by Gasteiger charge is -2.34. The predicted octanol–water partition coefficient (Wildman–Crippen LogP) is 2.62. The molecule has 1 N–H and O–H groups in total. The van der Waals surface area contributed by atoms with Gasteiger partial charge in [-0.2, -0.15) is 11.8 Å². The van der Waals surface area contributed by atoms with E-state index in [1.807, 2.05) is 0 Å². The number of hydrogen-bond donors (Lipinski definition) is 1. The van der Waals surface area contributed by atoms with Crippen molar-refractivity contribution in [3.63, 3.8) is 0 Å². The molecule has 0 radical (unpaired) electrons. The molecule has 0 bridgehead atoms. The molecule has 1 aliphatic rings. The fourth-order valence-corrected chi connectivity index (χ4v) is 3.51. The quantitative estimate of drug-likeness (QED) is 0.898. The van der Waals surface area contributed by atoms with Crippen molar-refractivity contribution in [2.75, 3.05) is 18.1 Å². The molecular formula is C13H13BrFNO3S. The molecule has 1 heterocycles. The first-order chi connectivity index (χ1) is 9.49. The zero-order chi connectivity index (χ0) is 14.7. The lowest BCUT2D eigenvalue weighted by molar-refractivity contribution is -0.138. The van der Waals surface area contributed by atoms with Gasteiger partial charge in [-0.05, 0) is 18.2 Å². The molecule has 1 aliphatic heterocycles. The van der Waals surface area contributed by atoms with Gasteiger partial charge in [-0.1, -0.05) is 15.9 Å². The molecular weight excluding hydrogens is 349 g/mol. The summed E-state index contributed by atoms with van der Waals surface area (Å²) in [7, 11) is 0. The average Bonchev–Trinajstić information content (AvgIpc) is 2.38. The maximum Gasteiger partial charge on any atom is 0.305 e. The van der Waals surface area contributed by atoms with E-state index in [0.717, 1.165) is 5.75 Å². The maximum absolute atomic E-state index is 13.8. The smallest absolute Gasteiger partial charge is 0.305 e. The third-order valence-electron chi connectivity index (χ3n) is 3.06. The number of nitrogens with zero attached hydrogens (tertiary/aromatic N) is 1. The minimum atomic E-state index is -0.952. The van der Waals surface area contributed by atoms with Crippen molar-refractivity contribution in [1.82, 2.24) is 4.90 Å². The molecule has 1 atom stereocenters. The fourth-order valence-electron chi connectivity index (χ4n) is 2.11. The van der Waals surface area contributed by atoms with E-state index in [1.54, 1.807) is 17.8 Å². The Kier molecular flexibility index (Phi) is 5.04. The number of benzene rings is 1. The van der Waals surface area contributed by atoms with Crippen molar-refractivity contribution in [3.05, 3.63) is 34.1 Å². The van der Waals surface area contributed by atoms with E-state index < -0.39 is 17.7 Å². The molecule has 1 unspecified atom stereocenters. The summed E-state index contributed by atoms with van der Waals surface area (Å²) < 4.78 is 14.4. The molecule has 0 aliphatic carbocycles. The summed E-state index contributed by atoms with van der Waals surface area (Å²) in [4.78, 5) is 24.7. The van der Waals surface area contributed by atoms with Crippen LogP contribution in [-0.4, -0.2) is 46.0 Å². The van der Waals surface area contributed by atoms with Crippen molar-refractivity contribution in [2.24, 2.45) is 0 Å². The zero-order valence-corrected chi connectivity index (χ0v) is 12.9. The standard InChI is InChI=1S/C13H13BrFNO3S/c14-8-1-2-10(11(15)5-8)13(19)16-3-4-20-7-9(16)6-12(17)18/h1-2,5,9H,3-4,6-7H2,(H,17,18). The van der Waals surface area contributed by atoms with Crippen LogP contribution < -0.4 is 0 Å². The largest absolute Gasteiger partial charge is 0.481 e. The van der Waals surface area contributed by atoms with E-state index in [-0.39, 0.29) is 18.0 Å². The summed E-state index contributed by atoms with van der Waals surface area (Å²) >= 11 is 4.75. The Morgan fingerprint density at radius 2 is 2.25 bits per heavy atom. The van der Waals surface area contributed by atoms with Gasteiger partial charge in [0.1, 0.15) is 5.82 Å². The molecule has 0 spiro atoms. The summed E-state index contributed by atoms with van der Waals surface area (Å²) in [6, 6.07) is 3.86. The normalized spacial score (nSPS) is 18.9. The van der Waals surface area contributed by atoms with E-state index in [1.165, 1.54) is 17.0 Å². The topological polar surface area (TPSA) is 57.6 Å². The van der Waals surface area contributed by atoms with E-state index >= 15 is 0 Å². The van der Waals surface area contributed by atoms with Crippen LogP contribution in [0.25, 0.3) is 0 Å². The molecule has 1 aromatic rings. The second-order valence-corrected chi connectivity index (χ2v) is 6.51. The minimum Gasteiger partial charge on any atom is -0.481 e. The predicted molar refractivity (Wildman–Crippen MR) is 78.5 cm³/mol. The second-order valence-electron chi connectivity index (χ2n) is 4.45. The molecule has 1 amide bonds. The Morgan fingerprint density at radius 3 is 2.90 bits per heavy atom. The first-order valence-corrected chi connectivity index (χ1v) is 7.99. The first-order valence-electron chi connectivity index (χ1n) is 6.04. The Balaban J connectivity index is 2.22. The highest BCUT2D eigenvalue weighted by molar-refractivity contribution is 9.10. The van der Waals surface area contributed by atoms with Crippen LogP contribution in [0, 0.1) is 5.82 Å². The third-order valence-corrected chi connectivity index (χ3v) is 4.65. The van der Waals surface area contributed by atoms with Crippen LogP contribution >= 0.6 is 27.7 Å². The minimum absolute atomic E-state index is 0.0181. The van der Waals surface area contributed by atoms with Gasteiger partial charge in [-0.3, -0.25) is 9.59 Å². The van der Waals surface area contributed by atoms with E-state index in [9.17, 15) is 14.0 Å². The Bertz CT molecular complexity index is 540. The van der Waals surface area contributed by atoms with Gasteiger partial charge in [0.2, 0.25) is 0 Å². The molecule has 20 heavy (non-hydrogen) atoms. The monoisotopic (exact) mass is 361 g/mol. The molecule has 1 saturated heterocycles. The molecule has 1 fully saturated rings. The summed E-state index contributed by atoms with van der Waals surface area (Å²) in [5, 5.41) is 8.90. The van der Waals surface area contributed by atoms with Gasteiger partial charge in [0.05, 0.1) is 18.0 Å². The number of carbonyl (C=O) groups excluding carboxylic acids is 1. The molecule has 4 nitrogen and oxygen atoms in total. The van der Waals surface area contributed by atoms with Crippen molar-refractivity contribution >= 4 is 39.6 Å². The van der Waals surface area contributed by atoms with Crippen molar-refractivity contribution in [1.29, 1.82) is 0 Å². The van der Waals surface area contributed by atoms with Crippen molar-refractivity contribution in [2.45, 2.75) is 12.5 Å². The van der Waals surface area contributed by atoms with E-state index in [4.69, 9.17) is 5.11 Å². The highest BCUT2D eigenvalue weighted by atomic mass is 79.9. The lowest BCUT2D eigenvalue weighted by atomic mass is 10.1. The van der Waals surface area contributed by atoms with Gasteiger partial charge >= 0.3 is 5.97 Å². The number of aliphatic carboxylic acids is 1. The number of carboxylic acid groups (broad SMARTS) is 1. The highest BCUT2D eigenvalue weighted by Gasteiger charge is 2.30. The van der Waals surface area contributed by atoms with Crippen LogP contribution in [0.2, 0.25) is 0 Å². The zero-order valence-electron chi connectivity index (χ0n) is 10.5. The van der Waals surface area contributed by atoms with Gasteiger partial charge in [0, 0.05) is 22.5 Å².